The molecular weight excluding hydrogens is 413 g/mol. The van der Waals surface area contributed by atoms with Gasteiger partial charge in [0.1, 0.15) is 0 Å². The molecule has 1 fully saturated rings. The van der Waals surface area contributed by atoms with Crippen LogP contribution in [-0.2, 0) is 0 Å². The molecule has 0 radical (unpaired) electrons. The molecular formula is C10H21Br2NSn. The summed E-state index contributed by atoms with van der Waals surface area (Å²) in [4.78, 5) is 0. The Kier molecular flexibility index (Phi) is 5.78. The molecule has 0 amide bonds. The first kappa shape index (κ1) is 13.8. The molecule has 1 aliphatic carbocycles. The van der Waals surface area contributed by atoms with E-state index in [1.54, 1.807) is 0 Å². The SMILES string of the molecule is C[CH2][Sn]([Br])([Br])[CH]1CCCCC1C(C)N. The summed E-state index contributed by atoms with van der Waals surface area (Å²) in [7, 11) is 0. The Hall–Kier alpha value is 1.72. The van der Waals surface area contributed by atoms with Crippen LogP contribution in [0.2, 0.25) is 8.37 Å². The fourth-order valence-electron chi connectivity index (χ4n) is 2.58. The Morgan fingerprint density at radius 2 is 1.93 bits per heavy atom. The second-order valence-electron chi connectivity index (χ2n) is 4.53. The zero-order valence-electron chi connectivity index (χ0n) is 9.10. The first-order chi connectivity index (χ1) is 6.49. The third-order valence-corrected chi connectivity index (χ3v) is 26.8. The van der Waals surface area contributed by atoms with Crippen LogP contribution in [0.3, 0.4) is 0 Å². The third-order valence-electron chi connectivity index (χ3n) is 3.51. The zero-order chi connectivity index (χ0) is 10.8. The van der Waals surface area contributed by atoms with Crippen LogP contribution in [-0.4, -0.2) is 20.0 Å². The molecule has 0 aromatic carbocycles. The molecule has 1 nitrogen and oxygen atoms in total. The molecule has 0 bridgehead atoms. The number of nitrogens with two attached hydrogens (primary N) is 1. The molecule has 4 heteroatoms. The fraction of sp³-hybridized carbons (Fsp3) is 1.00. The molecule has 0 aliphatic heterocycles. The summed E-state index contributed by atoms with van der Waals surface area (Å²) < 4.78 is 2.21. The van der Waals surface area contributed by atoms with Gasteiger partial charge in [0.15, 0.2) is 0 Å². The van der Waals surface area contributed by atoms with Crippen molar-refractivity contribution in [3.8, 4) is 0 Å². The second kappa shape index (κ2) is 5.87. The Morgan fingerprint density at radius 3 is 2.43 bits per heavy atom. The Morgan fingerprint density at radius 1 is 1.36 bits per heavy atom. The molecule has 3 atom stereocenters. The molecule has 0 aromatic heterocycles. The van der Waals surface area contributed by atoms with Crippen molar-refractivity contribution >= 4 is 39.3 Å². The van der Waals surface area contributed by atoms with Gasteiger partial charge in [0.2, 0.25) is 0 Å². The Labute approximate surface area is 104 Å². The minimum absolute atomic E-state index is 0.373. The van der Waals surface area contributed by atoms with Crippen molar-refractivity contribution in [1.29, 1.82) is 0 Å². The molecule has 0 spiro atoms. The van der Waals surface area contributed by atoms with Crippen LogP contribution in [0.15, 0.2) is 0 Å². The predicted octanol–water partition coefficient (Wildman–Crippen LogP) is 4.15. The first-order valence-electron chi connectivity index (χ1n) is 5.62. The van der Waals surface area contributed by atoms with Crippen LogP contribution in [0.1, 0.15) is 39.5 Å². The van der Waals surface area contributed by atoms with Gasteiger partial charge < -0.3 is 0 Å². The number of rotatable bonds is 3. The van der Waals surface area contributed by atoms with Crippen LogP contribution in [0.5, 0.6) is 0 Å². The van der Waals surface area contributed by atoms with E-state index in [4.69, 9.17) is 5.73 Å². The summed E-state index contributed by atoms with van der Waals surface area (Å²) in [6.07, 6.45) is 5.53. The average molecular weight is 434 g/mol. The predicted molar refractivity (Wildman–Crippen MR) is 73.4 cm³/mol. The molecule has 0 aromatic rings. The van der Waals surface area contributed by atoms with Crippen molar-refractivity contribution in [3.63, 3.8) is 0 Å². The van der Waals surface area contributed by atoms with Gasteiger partial charge in [-0.05, 0) is 0 Å². The fourth-order valence-corrected chi connectivity index (χ4v) is 16.6. The van der Waals surface area contributed by atoms with Gasteiger partial charge in [-0.2, -0.15) is 0 Å². The van der Waals surface area contributed by atoms with Crippen LogP contribution >= 0.6 is 25.4 Å². The summed E-state index contributed by atoms with van der Waals surface area (Å²) in [5.41, 5.74) is 6.10. The van der Waals surface area contributed by atoms with Gasteiger partial charge in [0.25, 0.3) is 0 Å². The van der Waals surface area contributed by atoms with E-state index in [-0.39, 0.29) is 0 Å². The molecule has 1 saturated carbocycles. The second-order valence-corrected chi connectivity index (χ2v) is 39.1. The van der Waals surface area contributed by atoms with E-state index in [1.165, 1.54) is 30.1 Å². The van der Waals surface area contributed by atoms with E-state index in [0.717, 1.165) is 9.85 Å². The van der Waals surface area contributed by atoms with E-state index < -0.39 is 13.9 Å². The van der Waals surface area contributed by atoms with Gasteiger partial charge >= 0.3 is 105 Å². The summed E-state index contributed by atoms with van der Waals surface area (Å²) in [5, 5.41) is 0. The minimum atomic E-state index is -2.11. The van der Waals surface area contributed by atoms with Crippen molar-refractivity contribution in [2.75, 3.05) is 0 Å². The van der Waals surface area contributed by atoms with E-state index in [0.29, 0.717) is 6.04 Å². The number of hydrogen-bond donors (Lipinski definition) is 1. The van der Waals surface area contributed by atoms with E-state index in [1.807, 2.05) is 0 Å². The number of hydrogen-bond acceptors (Lipinski definition) is 1. The Bertz CT molecular complexity index is 185. The van der Waals surface area contributed by atoms with Crippen LogP contribution in [0, 0.1) is 5.92 Å². The summed E-state index contributed by atoms with van der Waals surface area (Å²) in [5.74, 6) is 0.762. The zero-order valence-corrected chi connectivity index (χ0v) is 15.1. The molecule has 3 unspecified atom stereocenters. The van der Waals surface area contributed by atoms with Gasteiger partial charge in [-0.3, -0.25) is 0 Å². The number of halogens is 2. The van der Waals surface area contributed by atoms with E-state index in [9.17, 15) is 0 Å². The monoisotopic (exact) mass is 433 g/mol. The Balaban J connectivity index is 2.72. The van der Waals surface area contributed by atoms with E-state index in [2.05, 4.69) is 39.3 Å². The topological polar surface area (TPSA) is 26.0 Å². The van der Waals surface area contributed by atoms with Gasteiger partial charge in [0.05, 0.1) is 0 Å². The van der Waals surface area contributed by atoms with E-state index >= 15 is 0 Å². The van der Waals surface area contributed by atoms with Gasteiger partial charge in [0, 0.05) is 0 Å². The standard InChI is InChI=1S/C8H16N.C2H5.2BrH.Sn/c1-7(9)8-5-3-2-4-6-8;1-2;;;/h5,7-8H,2-4,6,9H2,1H3;1H2,2H3;2*1H;/q;;;;+2/p-2. The van der Waals surface area contributed by atoms with Crippen molar-refractivity contribution < 1.29 is 0 Å². The molecule has 0 heterocycles. The first-order valence-corrected chi connectivity index (χ1v) is 22.1. The van der Waals surface area contributed by atoms with Gasteiger partial charge in [-0.15, -0.1) is 0 Å². The quantitative estimate of drug-likeness (QED) is 0.665. The van der Waals surface area contributed by atoms with Crippen molar-refractivity contribution in [2.45, 2.75) is 53.9 Å². The molecule has 2 N–H and O–H groups in total. The van der Waals surface area contributed by atoms with Crippen LogP contribution in [0.4, 0.5) is 0 Å². The third kappa shape index (κ3) is 3.36. The molecule has 1 rings (SSSR count). The average Bonchev–Trinajstić information content (AvgIpc) is 2.18. The van der Waals surface area contributed by atoms with Crippen molar-refractivity contribution in [2.24, 2.45) is 11.7 Å². The van der Waals surface area contributed by atoms with Gasteiger partial charge in [-0.1, -0.05) is 0 Å². The van der Waals surface area contributed by atoms with Crippen LogP contribution < -0.4 is 5.73 Å². The van der Waals surface area contributed by atoms with Crippen LogP contribution in [0.25, 0.3) is 0 Å². The normalized spacial score (nSPS) is 31.5. The summed E-state index contributed by atoms with van der Waals surface area (Å²) in [6, 6.07) is 0.373. The summed E-state index contributed by atoms with van der Waals surface area (Å²) >= 11 is 5.94. The van der Waals surface area contributed by atoms with Crippen molar-refractivity contribution in [3.05, 3.63) is 0 Å². The maximum atomic E-state index is 6.10. The molecule has 84 valence electrons. The van der Waals surface area contributed by atoms with Crippen molar-refractivity contribution in [1.82, 2.24) is 0 Å². The summed E-state index contributed by atoms with van der Waals surface area (Å²) in [6.45, 7) is 4.49. The van der Waals surface area contributed by atoms with Gasteiger partial charge in [-0.25, -0.2) is 0 Å². The molecule has 0 saturated heterocycles. The maximum absolute atomic E-state index is 6.10. The molecule has 14 heavy (non-hydrogen) atoms. The molecule has 1 aliphatic rings.